The van der Waals surface area contributed by atoms with Gasteiger partial charge in [0.2, 0.25) is 0 Å². The Morgan fingerprint density at radius 1 is 0.345 bits per heavy atom. The minimum Gasteiger partial charge on any atom is -0.477 e. The van der Waals surface area contributed by atoms with Crippen molar-refractivity contribution in [3.63, 3.8) is 0 Å². The second-order valence-corrected chi connectivity index (χ2v) is 25.1. The zero-order chi connectivity index (χ0) is 63.3. The predicted molar refractivity (Wildman–Crippen MR) is 373 cm³/mol. The average Bonchev–Trinajstić information content (AvgIpc) is 3.56. The number of aliphatic carboxylic acids is 1. The number of likely N-dealkylation sites (N-methyl/N-ethyl adjacent to an activating group) is 1. The van der Waals surface area contributed by atoms with Gasteiger partial charge in [0.05, 0.1) is 34.4 Å². The summed E-state index contributed by atoms with van der Waals surface area (Å²) in [5.41, 5.74) is 0. The van der Waals surface area contributed by atoms with E-state index in [1.165, 1.54) is 180 Å². The number of carbonyl (C=O) groups excluding carboxylic acids is 2. The summed E-state index contributed by atoms with van der Waals surface area (Å²) < 4.78 is 23.0. The minimum atomic E-state index is -1.52. The Morgan fingerprint density at radius 2 is 0.621 bits per heavy atom. The second kappa shape index (κ2) is 67.9. The number of unbranched alkanes of at least 4 members (excludes halogenated alkanes) is 33. The number of quaternary nitrogens is 1. The molecular weight excluding hydrogens is 1080 g/mol. The lowest BCUT2D eigenvalue weighted by Crippen LogP contribution is -2.40. The van der Waals surface area contributed by atoms with E-state index >= 15 is 0 Å². The van der Waals surface area contributed by atoms with Gasteiger partial charge in [0.25, 0.3) is 6.29 Å². The molecule has 0 aliphatic carbocycles. The molecule has 9 nitrogen and oxygen atoms in total. The molecule has 0 spiro atoms. The fraction of sp³-hybridized carbons (Fsp3) is 0.731. The van der Waals surface area contributed by atoms with Crippen molar-refractivity contribution >= 4 is 17.9 Å². The monoisotopic (exact) mass is 1220 g/mol. The molecule has 0 aliphatic rings. The van der Waals surface area contributed by atoms with Gasteiger partial charge in [-0.3, -0.25) is 9.59 Å². The van der Waals surface area contributed by atoms with Crippen molar-refractivity contribution in [2.75, 3.05) is 47.5 Å². The van der Waals surface area contributed by atoms with Gasteiger partial charge in [0.1, 0.15) is 13.2 Å². The summed E-state index contributed by atoms with van der Waals surface area (Å²) in [6, 6.07) is 0. The molecule has 1 N–H and O–H groups in total. The summed E-state index contributed by atoms with van der Waals surface area (Å²) in [6.07, 6.45) is 92.1. The van der Waals surface area contributed by atoms with Crippen LogP contribution < -0.4 is 0 Å². The Balaban J connectivity index is 4.06. The molecule has 0 aliphatic heterocycles. The molecule has 87 heavy (non-hydrogen) atoms. The molecule has 9 heteroatoms. The summed E-state index contributed by atoms with van der Waals surface area (Å²) in [7, 11) is 5.98. The Morgan fingerprint density at radius 3 is 0.920 bits per heavy atom. The number of rotatable bonds is 66. The highest BCUT2D eigenvalue weighted by Crippen LogP contribution is 2.18. The molecular formula is C78H136NO8+. The number of carbonyl (C=O) groups is 3. The summed E-state index contributed by atoms with van der Waals surface area (Å²) in [6.45, 7) is 4.68. The summed E-state index contributed by atoms with van der Waals surface area (Å²) in [5, 5.41) is 9.75. The summed E-state index contributed by atoms with van der Waals surface area (Å²) >= 11 is 0. The molecule has 0 aromatic rings. The number of hydrogen-bond acceptors (Lipinski definition) is 7. The number of allylic oxidation sites excluding steroid dienone is 18. The molecule has 500 valence electrons. The number of esters is 2. The first-order valence-corrected chi connectivity index (χ1v) is 36.1. The van der Waals surface area contributed by atoms with Crippen LogP contribution in [0.5, 0.6) is 0 Å². The van der Waals surface area contributed by atoms with E-state index in [0.717, 1.165) is 96.3 Å². The van der Waals surface area contributed by atoms with Crippen LogP contribution in [0.3, 0.4) is 0 Å². The van der Waals surface area contributed by atoms with Gasteiger partial charge < -0.3 is 28.5 Å². The molecule has 0 heterocycles. The third kappa shape index (κ3) is 69.3. The second-order valence-electron chi connectivity index (χ2n) is 25.1. The third-order valence-corrected chi connectivity index (χ3v) is 15.5. The maximum atomic E-state index is 12.9. The van der Waals surface area contributed by atoms with E-state index in [2.05, 4.69) is 123 Å². The van der Waals surface area contributed by atoms with Gasteiger partial charge in [-0.2, -0.15) is 0 Å². The van der Waals surface area contributed by atoms with Crippen LogP contribution in [0.2, 0.25) is 0 Å². The molecule has 0 radical (unpaired) electrons. The van der Waals surface area contributed by atoms with E-state index in [9.17, 15) is 19.5 Å². The van der Waals surface area contributed by atoms with E-state index in [1.54, 1.807) is 0 Å². The van der Waals surface area contributed by atoms with Crippen molar-refractivity contribution in [2.45, 2.75) is 322 Å². The molecule has 0 saturated carbocycles. The van der Waals surface area contributed by atoms with Crippen LogP contribution in [-0.2, 0) is 33.3 Å². The normalized spacial score (nSPS) is 13.3. The molecule has 0 saturated heterocycles. The van der Waals surface area contributed by atoms with Gasteiger partial charge in [-0.1, -0.05) is 309 Å². The topological polar surface area (TPSA) is 108 Å². The van der Waals surface area contributed by atoms with Crippen LogP contribution in [0, 0.1) is 0 Å². The smallest absolute Gasteiger partial charge is 0.361 e. The Hall–Kier alpha value is -4.05. The largest absolute Gasteiger partial charge is 0.477 e. The van der Waals surface area contributed by atoms with Crippen molar-refractivity contribution in [1.29, 1.82) is 0 Å². The lowest BCUT2D eigenvalue weighted by molar-refractivity contribution is -0.870. The van der Waals surface area contributed by atoms with Gasteiger partial charge in [-0.25, -0.2) is 4.79 Å². The first kappa shape index (κ1) is 83.0. The van der Waals surface area contributed by atoms with Gasteiger partial charge in [0.15, 0.2) is 6.10 Å². The predicted octanol–water partition coefficient (Wildman–Crippen LogP) is 22.6. The number of ether oxygens (including phenoxy) is 4. The lowest BCUT2D eigenvalue weighted by atomic mass is 10.0. The van der Waals surface area contributed by atoms with Crippen molar-refractivity contribution in [2.24, 2.45) is 0 Å². The molecule has 2 atom stereocenters. The van der Waals surface area contributed by atoms with E-state index in [-0.39, 0.29) is 32.2 Å². The highest BCUT2D eigenvalue weighted by molar-refractivity contribution is 5.71. The minimum absolute atomic E-state index is 0.184. The molecule has 2 unspecified atom stereocenters. The first-order chi connectivity index (χ1) is 42.6. The third-order valence-electron chi connectivity index (χ3n) is 15.5. The number of hydrogen-bond donors (Lipinski definition) is 1. The SMILES string of the molecule is CC/C=C\C/C=C\C/C=C\C/C=C\C/C=C\CCCCCCCCCCCCCC(=O)OC(COC(=O)CCCCCCCCCCCCCCCCCCCCCCCC/C=C\C/C=C\C/C=C\C/C=C\CC)COC(OCC[N+](C)(C)C)C(=O)O. The Kier molecular flexibility index (Phi) is 64.7. The molecule has 0 aromatic carbocycles. The van der Waals surface area contributed by atoms with Crippen molar-refractivity contribution < 1.29 is 42.9 Å². The number of carboxylic acid groups (broad SMARTS) is 1. The fourth-order valence-electron chi connectivity index (χ4n) is 10.1. The van der Waals surface area contributed by atoms with Crippen LogP contribution in [0.4, 0.5) is 0 Å². The van der Waals surface area contributed by atoms with Crippen LogP contribution in [-0.4, -0.2) is 87.4 Å². The highest BCUT2D eigenvalue weighted by Gasteiger charge is 2.25. The molecule has 0 bridgehead atoms. The Labute approximate surface area is 536 Å². The number of nitrogens with zero attached hydrogens (tertiary/aromatic N) is 1. The molecule has 0 fully saturated rings. The molecule has 0 rings (SSSR count). The molecule has 0 amide bonds. The van der Waals surface area contributed by atoms with Gasteiger partial charge in [-0.05, 0) is 96.3 Å². The zero-order valence-electron chi connectivity index (χ0n) is 57.2. The number of carboxylic acids is 1. The average molecular weight is 1220 g/mol. The van der Waals surface area contributed by atoms with Crippen molar-refractivity contribution in [1.82, 2.24) is 0 Å². The Bertz CT molecular complexity index is 1800. The van der Waals surface area contributed by atoms with Crippen LogP contribution >= 0.6 is 0 Å². The summed E-state index contributed by atoms with van der Waals surface area (Å²) in [4.78, 5) is 37.7. The van der Waals surface area contributed by atoms with Crippen LogP contribution in [0.25, 0.3) is 0 Å². The van der Waals surface area contributed by atoms with E-state index in [1.807, 2.05) is 21.1 Å². The maximum Gasteiger partial charge on any atom is 0.361 e. The first-order valence-electron chi connectivity index (χ1n) is 36.1. The quantitative estimate of drug-likeness (QED) is 0.0211. The summed E-state index contributed by atoms with van der Waals surface area (Å²) in [5.74, 6) is -2.00. The van der Waals surface area contributed by atoms with E-state index in [0.29, 0.717) is 23.9 Å². The van der Waals surface area contributed by atoms with Gasteiger partial charge in [-0.15, -0.1) is 0 Å². The van der Waals surface area contributed by atoms with Crippen LogP contribution in [0.15, 0.2) is 109 Å². The van der Waals surface area contributed by atoms with E-state index < -0.39 is 24.3 Å². The standard InChI is InChI=1S/C78H135NO8/c1-6-8-10-12-14-16-18-20-22-24-26-28-30-32-34-35-36-37-38-39-40-41-43-44-46-48-50-52-54-56-58-60-62-64-66-68-75(80)85-72-74(73-86-78(77(82)83)84-71-70-79(3,4)5)87-76(81)69-67-65-63-61-59-57-55-53-51-49-47-45-42-33-31-29-27-25-23-21-19-17-15-13-11-9-7-2/h8-11,14-17,20-23,26-29,33,42,74,78H,6-7,12-13,18-19,24-25,30-32,34-41,43-73H2,1-5H3/p+1/b10-8-,11-9-,16-14-,17-15-,22-20-,23-21-,28-26-,29-27-,42-33-. The van der Waals surface area contributed by atoms with E-state index in [4.69, 9.17) is 18.9 Å². The zero-order valence-corrected chi connectivity index (χ0v) is 57.2. The highest BCUT2D eigenvalue weighted by atomic mass is 16.7. The van der Waals surface area contributed by atoms with Gasteiger partial charge >= 0.3 is 17.9 Å². The van der Waals surface area contributed by atoms with Crippen LogP contribution in [0.1, 0.15) is 309 Å². The maximum absolute atomic E-state index is 12.9. The van der Waals surface area contributed by atoms with Gasteiger partial charge in [0, 0.05) is 12.8 Å². The molecule has 0 aromatic heterocycles. The van der Waals surface area contributed by atoms with Crippen molar-refractivity contribution in [3.8, 4) is 0 Å². The van der Waals surface area contributed by atoms with Crippen molar-refractivity contribution in [3.05, 3.63) is 109 Å². The fourth-order valence-corrected chi connectivity index (χ4v) is 10.1. The lowest BCUT2D eigenvalue weighted by Gasteiger charge is -2.25.